The Morgan fingerprint density at radius 1 is 1.00 bits per heavy atom. The molecule has 0 amide bonds. The van der Waals surface area contributed by atoms with Gasteiger partial charge in [-0.1, -0.05) is 5.92 Å². The Bertz CT molecular complexity index is 565. The molecule has 0 fully saturated rings. The molecular weight excluding hydrogens is 314 g/mol. The summed E-state index contributed by atoms with van der Waals surface area (Å²) in [5.41, 5.74) is -0.685. The van der Waals surface area contributed by atoms with Gasteiger partial charge in [0, 0.05) is 12.3 Å². The smallest absolute Gasteiger partial charge is 0.384 e. The van der Waals surface area contributed by atoms with Gasteiger partial charge in [0.2, 0.25) is 5.78 Å². The molecule has 0 aliphatic carbocycles. The molecule has 130 valence electrons. The van der Waals surface area contributed by atoms with Gasteiger partial charge in [0.1, 0.15) is 5.60 Å². The maximum Gasteiger partial charge on any atom is 0.384 e. The topological polar surface area (TPSA) is 96.0 Å². The van der Waals surface area contributed by atoms with E-state index in [1.807, 2.05) is 0 Å². The number of Topliss-reactive ketones (excluding diaryl/α,β-unsaturated/α-hetero) is 1. The summed E-state index contributed by atoms with van der Waals surface area (Å²) in [7, 11) is 2.86. The summed E-state index contributed by atoms with van der Waals surface area (Å²) in [6.07, 6.45) is -0.515. The van der Waals surface area contributed by atoms with Crippen LogP contribution in [0.5, 0.6) is 0 Å². The van der Waals surface area contributed by atoms with Gasteiger partial charge < -0.3 is 14.2 Å². The minimum atomic E-state index is -1.35. The molecule has 0 N–H and O–H groups in total. The number of carbonyl (C=O) groups excluding carboxylic acids is 4. The molecule has 0 radical (unpaired) electrons. The van der Waals surface area contributed by atoms with Gasteiger partial charge in [0.05, 0.1) is 18.4 Å². The first-order valence-corrected chi connectivity index (χ1v) is 7.54. The van der Waals surface area contributed by atoms with E-state index in [1.165, 1.54) is 15.7 Å². The van der Waals surface area contributed by atoms with Crippen molar-refractivity contribution in [3.8, 4) is 11.8 Å². The molecule has 0 saturated carbocycles. The summed E-state index contributed by atoms with van der Waals surface area (Å²) in [6, 6.07) is 0. The van der Waals surface area contributed by atoms with E-state index in [2.05, 4.69) is 16.6 Å². The van der Waals surface area contributed by atoms with Crippen LogP contribution in [0.1, 0.15) is 40.5 Å². The van der Waals surface area contributed by atoms with E-state index in [1.54, 1.807) is 27.7 Å². The van der Waals surface area contributed by atoms with Gasteiger partial charge in [-0.25, -0.2) is 9.59 Å². The highest BCUT2D eigenvalue weighted by Gasteiger charge is 2.26. The molecule has 9 heteroatoms. The number of hydrogen-bond acceptors (Lipinski definition) is 7. The summed E-state index contributed by atoms with van der Waals surface area (Å²) in [4.78, 5) is 46.0. The van der Waals surface area contributed by atoms with Gasteiger partial charge in [0.15, 0.2) is 15.7 Å². The Kier molecular flexibility index (Phi) is 8.31. The standard InChI is InChI=1S/C15H22B2O7/c1-5-22-11(19)7-6-10(18)13(21)24-15(16,17)9-8-12(20)23-14(2,3)4/h5-7,16-17H2,1-4H3. The SMILES string of the molecule is BC(B)(C#CC(=O)OC(C)(C)C)OC(=O)C(=O)CCC(=O)OCC. The molecule has 0 heterocycles. The third-order valence-electron chi connectivity index (χ3n) is 2.30. The number of rotatable bonds is 6. The minimum absolute atomic E-state index is 0.199. The number of ketones is 1. The van der Waals surface area contributed by atoms with Crippen LogP contribution < -0.4 is 0 Å². The largest absolute Gasteiger partial charge is 0.466 e. The van der Waals surface area contributed by atoms with E-state index < -0.39 is 34.7 Å². The van der Waals surface area contributed by atoms with Crippen molar-refractivity contribution in [3.05, 3.63) is 0 Å². The maximum absolute atomic E-state index is 11.7. The molecule has 0 saturated heterocycles. The van der Waals surface area contributed by atoms with Crippen LogP contribution in [-0.4, -0.2) is 57.0 Å². The van der Waals surface area contributed by atoms with Crippen LogP contribution in [0.4, 0.5) is 0 Å². The quantitative estimate of drug-likeness (QED) is 0.149. The zero-order valence-electron chi connectivity index (χ0n) is 15.0. The monoisotopic (exact) mass is 336 g/mol. The Morgan fingerprint density at radius 3 is 2.08 bits per heavy atom. The second-order valence-electron chi connectivity index (χ2n) is 6.38. The van der Waals surface area contributed by atoms with Crippen molar-refractivity contribution in [1.82, 2.24) is 0 Å². The van der Waals surface area contributed by atoms with Crippen molar-refractivity contribution in [2.24, 2.45) is 0 Å². The minimum Gasteiger partial charge on any atom is -0.466 e. The highest BCUT2D eigenvalue weighted by Crippen LogP contribution is 2.07. The van der Waals surface area contributed by atoms with Gasteiger partial charge in [-0.05, 0) is 27.7 Å². The fourth-order valence-corrected chi connectivity index (χ4v) is 1.37. The Hall–Kier alpha value is -2.23. The average molecular weight is 336 g/mol. The number of ether oxygens (including phenoxy) is 3. The van der Waals surface area contributed by atoms with Crippen LogP contribution in [0.2, 0.25) is 0 Å². The predicted octanol–water partition coefficient (Wildman–Crippen LogP) is -1.29. The van der Waals surface area contributed by atoms with Gasteiger partial charge >= 0.3 is 17.9 Å². The number of hydrogen-bond donors (Lipinski definition) is 0. The molecule has 0 atom stereocenters. The molecule has 0 aliphatic heterocycles. The molecule has 0 rings (SSSR count). The third-order valence-corrected chi connectivity index (χ3v) is 2.30. The first-order chi connectivity index (χ1) is 10.9. The van der Waals surface area contributed by atoms with E-state index in [-0.39, 0.29) is 19.4 Å². The average Bonchev–Trinajstić information content (AvgIpc) is 2.40. The van der Waals surface area contributed by atoms with Crippen LogP contribution in [0.3, 0.4) is 0 Å². The summed E-state index contributed by atoms with van der Waals surface area (Å²) < 4.78 is 14.6. The molecule has 0 unspecified atom stereocenters. The highest BCUT2D eigenvalue weighted by molar-refractivity contribution is 6.44. The summed E-state index contributed by atoms with van der Waals surface area (Å²) >= 11 is 0. The van der Waals surface area contributed by atoms with Crippen LogP contribution in [0, 0.1) is 11.8 Å². The molecule has 7 nitrogen and oxygen atoms in total. The predicted molar refractivity (Wildman–Crippen MR) is 90.4 cm³/mol. The van der Waals surface area contributed by atoms with E-state index in [0.29, 0.717) is 0 Å². The normalized spacial score (nSPS) is 10.8. The molecule has 0 aliphatic rings. The van der Waals surface area contributed by atoms with Gasteiger partial charge in [0.25, 0.3) is 0 Å². The molecule has 0 aromatic rings. The fraction of sp³-hybridized carbons (Fsp3) is 0.600. The van der Waals surface area contributed by atoms with E-state index in [9.17, 15) is 19.2 Å². The maximum atomic E-state index is 11.7. The van der Waals surface area contributed by atoms with Crippen molar-refractivity contribution in [2.45, 2.75) is 51.5 Å². The summed E-state index contributed by atoms with van der Waals surface area (Å²) in [5.74, 6) is 1.34. The van der Waals surface area contributed by atoms with Gasteiger partial charge in [-0.15, -0.1) is 0 Å². The molecular formula is C15H22B2O7. The van der Waals surface area contributed by atoms with E-state index in [0.717, 1.165) is 0 Å². The lowest BCUT2D eigenvalue weighted by Gasteiger charge is -2.19. The first kappa shape index (κ1) is 21.8. The van der Waals surface area contributed by atoms with E-state index in [4.69, 9.17) is 9.47 Å². The second kappa shape index (κ2) is 9.16. The van der Waals surface area contributed by atoms with Crippen molar-refractivity contribution in [1.29, 1.82) is 0 Å². The highest BCUT2D eigenvalue weighted by atomic mass is 16.6. The van der Waals surface area contributed by atoms with Crippen molar-refractivity contribution < 1.29 is 33.4 Å². The van der Waals surface area contributed by atoms with Crippen LogP contribution in [0.15, 0.2) is 0 Å². The number of carbonyl (C=O) groups is 4. The molecule has 0 aromatic heterocycles. The zero-order valence-corrected chi connectivity index (χ0v) is 15.0. The van der Waals surface area contributed by atoms with Crippen LogP contribution >= 0.6 is 0 Å². The second-order valence-corrected chi connectivity index (χ2v) is 6.38. The van der Waals surface area contributed by atoms with Crippen LogP contribution in [-0.2, 0) is 33.4 Å². The lowest BCUT2D eigenvalue weighted by atomic mass is 9.65. The van der Waals surface area contributed by atoms with E-state index >= 15 is 0 Å². The molecule has 0 spiro atoms. The lowest BCUT2D eigenvalue weighted by Crippen LogP contribution is -2.37. The van der Waals surface area contributed by atoms with Crippen molar-refractivity contribution >= 4 is 39.4 Å². The zero-order chi connectivity index (χ0) is 19.0. The van der Waals surface area contributed by atoms with Crippen molar-refractivity contribution in [2.75, 3.05) is 6.61 Å². The van der Waals surface area contributed by atoms with Gasteiger partial charge in [-0.3, -0.25) is 9.59 Å². The number of esters is 3. The summed E-state index contributed by atoms with van der Waals surface area (Å²) in [5, 5.41) is -1.35. The van der Waals surface area contributed by atoms with Gasteiger partial charge in [-0.2, -0.15) is 0 Å². The summed E-state index contributed by atoms with van der Waals surface area (Å²) in [6.45, 7) is 6.92. The molecule has 24 heavy (non-hydrogen) atoms. The molecule has 0 aromatic carbocycles. The Morgan fingerprint density at radius 2 is 1.58 bits per heavy atom. The third kappa shape index (κ3) is 10.5. The molecule has 0 bridgehead atoms. The first-order valence-electron chi connectivity index (χ1n) is 7.54. The lowest BCUT2D eigenvalue weighted by molar-refractivity contribution is -0.156. The Labute approximate surface area is 143 Å². The Balaban J connectivity index is 4.59. The van der Waals surface area contributed by atoms with Crippen molar-refractivity contribution in [3.63, 3.8) is 0 Å². The van der Waals surface area contributed by atoms with Crippen LogP contribution in [0.25, 0.3) is 0 Å². The fourth-order valence-electron chi connectivity index (χ4n) is 1.37.